The van der Waals surface area contributed by atoms with Crippen molar-refractivity contribution in [3.63, 3.8) is 0 Å². The Morgan fingerprint density at radius 1 is 0.836 bits per heavy atom. The van der Waals surface area contributed by atoms with Gasteiger partial charge in [-0.05, 0) is 46.8 Å². The zero-order chi connectivity index (χ0) is 39.9. The van der Waals surface area contributed by atoms with Crippen LogP contribution in [-0.2, 0) is 9.47 Å². The van der Waals surface area contributed by atoms with Crippen molar-refractivity contribution >= 4 is 47.1 Å². The smallest absolute Gasteiger partial charge is 0.410 e. The van der Waals surface area contributed by atoms with E-state index in [9.17, 15) is 9.59 Å². The number of carbonyl (C=O) groups excluding carboxylic acids is 2. The molecule has 0 unspecified atom stereocenters. The fourth-order valence-corrected chi connectivity index (χ4v) is 6.38. The number of hydrogen-bond acceptors (Lipinski definition) is 16. The Balaban J connectivity index is 0.000000265. The number of thioether (sulfide) groups is 1. The highest BCUT2D eigenvalue weighted by molar-refractivity contribution is 7.99. The van der Waals surface area contributed by atoms with E-state index in [2.05, 4.69) is 30.2 Å². The van der Waals surface area contributed by atoms with Crippen LogP contribution in [0.2, 0.25) is 5.15 Å². The molecule has 0 aliphatic carbocycles. The zero-order valence-corrected chi connectivity index (χ0v) is 33.9. The van der Waals surface area contributed by atoms with Gasteiger partial charge in [0.2, 0.25) is 11.5 Å². The van der Waals surface area contributed by atoms with Crippen LogP contribution < -0.4 is 24.3 Å². The van der Waals surface area contributed by atoms with Gasteiger partial charge in [-0.3, -0.25) is 0 Å². The fraction of sp³-hybridized carbons (Fsp3) is 0.583. The van der Waals surface area contributed by atoms with Crippen molar-refractivity contribution in [1.29, 1.82) is 0 Å². The van der Waals surface area contributed by atoms with Gasteiger partial charge in [-0.2, -0.15) is 9.97 Å². The summed E-state index contributed by atoms with van der Waals surface area (Å²) < 4.78 is 33.1. The Bertz CT molecular complexity index is 1690. The summed E-state index contributed by atoms with van der Waals surface area (Å²) in [6.07, 6.45) is 4.48. The maximum Gasteiger partial charge on any atom is 0.410 e. The van der Waals surface area contributed by atoms with Gasteiger partial charge < -0.3 is 48.6 Å². The van der Waals surface area contributed by atoms with Crippen LogP contribution in [0.3, 0.4) is 0 Å². The summed E-state index contributed by atoms with van der Waals surface area (Å²) in [7, 11) is 3.03. The van der Waals surface area contributed by atoms with E-state index in [1.54, 1.807) is 16.9 Å². The van der Waals surface area contributed by atoms with E-state index >= 15 is 0 Å². The van der Waals surface area contributed by atoms with E-state index in [4.69, 9.17) is 45.1 Å². The normalized spacial score (nSPS) is 14.9. The number of methoxy groups -OCH3 is 2. The molecular formula is C36H51ClN8O9S. The number of hydrogen-bond donors (Lipinski definition) is 2. The summed E-state index contributed by atoms with van der Waals surface area (Å²) in [4.78, 5) is 48.3. The lowest BCUT2D eigenvalue weighted by Crippen LogP contribution is -2.42. The van der Waals surface area contributed by atoms with Crippen molar-refractivity contribution in [2.24, 2.45) is 0 Å². The SMILES string of the molecule is COc1c(Cl)ncnc1OC1CCN(C(=O)OC(C)C)CC1.COc1c(Nc2ccc(SCCO)nc2C)ncnc1OC1CCN(C(=O)OC(C)C)CC1. The number of pyridine rings is 1. The summed E-state index contributed by atoms with van der Waals surface area (Å²) in [5.74, 6) is 2.46. The molecule has 17 nitrogen and oxygen atoms in total. The number of rotatable bonds is 13. The van der Waals surface area contributed by atoms with Crippen molar-refractivity contribution < 1.29 is 43.1 Å². The molecule has 5 heterocycles. The van der Waals surface area contributed by atoms with Crippen molar-refractivity contribution in [2.75, 3.05) is 58.1 Å². The summed E-state index contributed by atoms with van der Waals surface area (Å²) in [5, 5.41) is 13.3. The first kappa shape index (κ1) is 43.2. The molecule has 2 aliphatic heterocycles. The third-order valence-electron chi connectivity index (χ3n) is 8.19. The number of likely N-dealkylation sites (tertiary alicyclic amines) is 2. The van der Waals surface area contributed by atoms with Gasteiger partial charge in [0.05, 0.1) is 49.4 Å². The van der Waals surface area contributed by atoms with Gasteiger partial charge in [-0.1, -0.05) is 11.6 Å². The zero-order valence-electron chi connectivity index (χ0n) is 32.3. The Hall–Kier alpha value is -4.55. The van der Waals surface area contributed by atoms with E-state index in [-0.39, 0.29) is 48.4 Å². The van der Waals surface area contributed by atoms with Crippen molar-refractivity contribution in [3.05, 3.63) is 35.6 Å². The van der Waals surface area contributed by atoms with Crippen LogP contribution in [0.1, 0.15) is 59.1 Å². The number of ether oxygens (including phenoxy) is 6. The molecular weight excluding hydrogens is 756 g/mol. The predicted octanol–water partition coefficient (Wildman–Crippen LogP) is 5.93. The monoisotopic (exact) mass is 806 g/mol. The molecule has 2 fully saturated rings. The molecule has 0 radical (unpaired) electrons. The van der Waals surface area contributed by atoms with Crippen LogP contribution in [0, 0.1) is 6.92 Å². The van der Waals surface area contributed by atoms with Crippen molar-refractivity contribution in [2.45, 2.75) is 89.7 Å². The molecule has 0 aromatic carbocycles. The number of nitrogens with zero attached hydrogens (tertiary/aromatic N) is 7. The maximum atomic E-state index is 12.1. The highest BCUT2D eigenvalue weighted by atomic mass is 35.5. The van der Waals surface area contributed by atoms with Crippen molar-refractivity contribution in [3.8, 4) is 23.3 Å². The molecule has 19 heteroatoms. The number of halogens is 1. The van der Waals surface area contributed by atoms with E-state index in [0.29, 0.717) is 86.7 Å². The molecule has 0 spiro atoms. The number of aromatic nitrogens is 5. The summed E-state index contributed by atoms with van der Waals surface area (Å²) in [6.45, 7) is 11.6. The number of aliphatic hydroxyl groups excluding tert-OH is 1. The lowest BCUT2D eigenvalue weighted by Gasteiger charge is -2.31. The second-order valence-electron chi connectivity index (χ2n) is 13.0. The minimum atomic E-state index is -0.292. The molecule has 0 atom stereocenters. The van der Waals surface area contributed by atoms with Gasteiger partial charge >= 0.3 is 12.2 Å². The quantitative estimate of drug-likeness (QED) is 0.152. The summed E-state index contributed by atoms with van der Waals surface area (Å²) >= 11 is 7.43. The number of amides is 2. The topological polar surface area (TPSA) is 193 Å². The fourth-order valence-electron chi connectivity index (χ4n) is 5.52. The number of aryl methyl sites for hydroxylation is 1. The van der Waals surface area contributed by atoms with Crippen LogP contribution in [0.4, 0.5) is 21.1 Å². The minimum absolute atomic E-state index is 0.0528. The molecule has 302 valence electrons. The first-order valence-electron chi connectivity index (χ1n) is 18.1. The summed E-state index contributed by atoms with van der Waals surface area (Å²) in [6, 6.07) is 3.80. The maximum absolute atomic E-state index is 12.1. The third kappa shape index (κ3) is 13.0. The predicted molar refractivity (Wildman–Crippen MR) is 206 cm³/mol. The van der Waals surface area contributed by atoms with Gasteiger partial charge in [0.25, 0.3) is 11.8 Å². The van der Waals surface area contributed by atoms with E-state index in [1.807, 2.05) is 46.8 Å². The van der Waals surface area contributed by atoms with Crippen LogP contribution in [0.5, 0.6) is 23.3 Å². The molecule has 2 amide bonds. The van der Waals surface area contributed by atoms with Gasteiger partial charge in [-0.15, -0.1) is 11.8 Å². The standard InChI is InChI=1S/C22H31N5O5S.C14H20ClN3O4/c1-14(2)31-22(29)27-9-7-16(8-10-27)32-21-19(30-4)20(23-13-24-21)26-17-5-6-18(25-15(17)3)33-12-11-28;1-9(2)21-14(19)18-6-4-10(5-7-18)22-13-11(20-3)12(15)16-8-17-13/h5-6,13-14,16,28H,7-12H2,1-4H3,(H,23,24,26);8-10H,4-7H2,1-3H3. The lowest BCUT2D eigenvalue weighted by atomic mass is 10.1. The Morgan fingerprint density at radius 2 is 1.35 bits per heavy atom. The Kier molecular flexibility index (Phi) is 16.9. The second-order valence-corrected chi connectivity index (χ2v) is 14.5. The largest absolute Gasteiger partial charge is 0.489 e. The van der Waals surface area contributed by atoms with Crippen molar-refractivity contribution in [1.82, 2.24) is 34.7 Å². The molecule has 2 N–H and O–H groups in total. The van der Waals surface area contributed by atoms with E-state index in [1.165, 1.54) is 31.5 Å². The number of nitrogens with one attached hydrogen (secondary N) is 1. The number of carbonyl (C=O) groups is 2. The van der Waals surface area contributed by atoms with E-state index < -0.39 is 0 Å². The first-order valence-corrected chi connectivity index (χ1v) is 19.4. The molecule has 0 saturated carbocycles. The molecule has 5 rings (SSSR count). The highest BCUT2D eigenvalue weighted by Gasteiger charge is 2.28. The first-order chi connectivity index (χ1) is 26.4. The van der Waals surface area contributed by atoms with Crippen LogP contribution in [0.25, 0.3) is 0 Å². The highest BCUT2D eigenvalue weighted by Crippen LogP contribution is 2.36. The second kappa shape index (κ2) is 21.5. The van der Waals surface area contributed by atoms with Gasteiger partial charge in [0.1, 0.15) is 24.9 Å². The lowest BCUT2D eigenvalue weighted by molar-refractivity contribution is 0.0491. The van der Waals surface area contributed by atoms with Crippen LogP contribution >= 0.6 is 23.4 Å². The average molecular weight is 807 g/mol. The molecule has 3 aromatic heterocycles. The number of aliphatic hydroxyl groups is 1. The Labute approximate surface area is 330 Å². The van der Waals surface area contributed by atoms with Crippen LogP contribution in [-0.4, -0.2) is 129 Å². The molecule has 2 aliphatic rings. The molecule has 2 saturated heterocycles. The van der Waals surface area contributed by atoms with Gasteiger partial charge in [-0.25, -0.2) is 24.5 Å². The molecule has 0 bridgehead atoms. The van der Waals surface area contributed by atoms with Gasteiger partial charge in [0, 0.05) is 57.6 Å². The molecule has 3 aromatic rings. The van der Waals surface area contributed by atoms with E-state index in [0.717, 1.165) is 16.4 Å². The number of anilines is 2. The van der Waals surface area contributed by atoms with Gasteiger partial charge in [0.15, 0.2) is 11.0 Å². The molecule has 55 heavy (non-hydrogen) atoms. The minimum Gasteiger partial charge on any atom is -0.489 e. The Morgan fingerprint density at radius 3 is 1.82 bits per heavy atom. The third-order valence-corrected chi connectivity index (χ3v) is 9.37. The summed E-state index contributed by atoms with van der Waals surface area (Å²) in [5.41, 5.74) is 1.57. The number of piperidine rings is 2. The average Bonchev–Trinajstić information content (AvgIpc) is 3.15. The van der Waals surface area contributed by atoms with Crippen LogP contribution in [0.15, 0.2) is 29.8 Å².